The number of amides is 1. The summed E-state index contributed by atoms with van der Waals surface area (Å²) < 4.78 is 5.49. The second-order valence-electron chi connectivity index (χ2n) is 5.19. The van der Waals surface area contributed by atoms with Crippen LogP contribution in [0.15, 0.2) is 66.9 Å². The van der Waals surface area contributed by atoms with E-state index in [4.69, 9.17) is 27.9 Å². The average Bonchev–Trinajstić information content (AvgIpc) is 2.63. The van der Waals surface area contributed by atoms with E-state index in [9.17, 15) is 4.79 Å². The van der Waals surface area contributed by atoms with Crippen molar-refractivity contribution in [2.24, 2.45) is 0 Å². The van der Waals surface area contributed by atoms with Crippen LogP contribution >= 0.6 is 23.2 Å². The summed E-state index contributed by atoms with van der Waals surface area (Å²) in [4.78, 5) is 15.9. The van der Waals surface area contributed by atoms with E-state index in [1.54, 1.807) is 24.4 Å². The van der Waals surface area contributed by atoms with Gasteiger partial charge < -0.3 is 10.1 Å². The number of hydrogen-bond donors (Lipinski definition) is 1. The predicted molar refractivity (Wildman–Crippen MR) is 100 cm³/mol. The zero-order valence-electron chi connectivity index (χ0n) is 13.1. The highest BCUT2D eigenvalue weighted by atomic mass is 35.5. The fraction of sp³-hybridized carbons (Fsp3) is 0.0526. The number of pyridine rings is 1. The lowest BCUT2D eigenvalue weighted by atomic mass is 10.1. The molecule has 1 amide bonds. The van der Waals surface area contributed by atoms with Gasteiger partial charge in [-0.2, -0.15) is 0 Å². The number of ether oxygens (including phenoxy) is 1. The van der Waals surface area contributed by atoms with Crippen molar-refractivity contribution in [1.82, 2.24) is 4.98 Å². The fourth-order valence-corrected chi connectivity index (χ4v) is 2.64. The van der Waals surface area contributed by atoms with Crippen LogP contribution < -0.4 is 10.1 Å². The number of carbonyl (C=O) groups is 1. The summed E-state index contributed by atoms with van der Waals surface area (Å²) in [5, 5.41) is 3.30. The Morgan fingerprint density at radius 1 is 1.00 bits per heavy atom. The maximum atomic E-state index is 12.0. The van der Waals surface area contributed by atoms with E-state index in [0.29, 0.717) is 16.5 Å². The number of aromatic nitrogens is 1. The number of hydrogen-bond acceptors (Lipinski definition) is 3. The SMILES string of the molecule is O=C(COc1ccc(-c2ccccc2)cc1Cl)Nc1cccnc1Cl. The predicted octanol–water partition coefficient (Wildman–Crippen LogP) is 5.07. The number of rotatable bonds is 5. The zero-order chi connectivity index (χ0) is 17.6. The highest BCUT2D eigenvalue weighted by Crippen LogP contribution is 2.30. The highest BCUT2D eigenvalue weighted by molar-refractivity contribution is 6.32. The molecule has 0 unspecified atom stereocenters. The van der Waals surface area contributed by atoms with Crippen LogP contribution in [0.1, 0.15) is 0 Å². The molecule has 3 aromatic rings. The maximum Gasteiger partial charge on any atom is 0.262 e. The largest absolute Gasteiger partial charge is 0.482 e. The van der Waals surface area contributed by atoms with Gasteiger partial charge in [-0.05, 0) is 35.4 Å². The lowest BCUT2D eigenvalue weighted by Crippen LogP contribution is -2.20. The molecule has 6 heteroatoms. The smallest absolute Gasteiger partial charge is 0.262 e. The third kappa shape index (κ3) is 4.50. The molecule has 1 N–H and O–H groups in total. The van der Waals surface area contributed by atoms with Crippen LogP contribution in [0.5, 0.6) is 5.75 Å². The van der Waals surface area contributed by atoms with Crippen LogP contribution in [-0.2, 0) is 4.79 Å². The molecule has 0 aliphatic heterocycles. The molecule has 25 heavy (non-hydrogen) atoms. The Labute approximate surface area is 155 Å². The first-order chi connectivity index (χ1) is 12.1. The van der Waals surface area contributed by atoms with Crippen molar-refractivity contribution in [2.45, 2.75) is 0 Å². The number of nitrogens with zero attached hydrogens (tertiary/aromatic N) is 1. The van der Waals surface area contributed by atoms with Crippen LogP contribution in [-0.4, -0.2) is 17.5 Å². The summed E-state index contributed by atoms with van der Waals surface area (Å²) in [6.07, 6.45) is 1.54. The Kier molecular flexibility index (Phi) is 5.53. The van der Waals surface area contributed by atoms with Gasteiger partial charge in [-0.15, -0.1) is 0 Å². The van der Waals surface area contributed by atoms with Crippen LogP contribution in [0, 0.1) is 0 Å². The van der Waals surface area contributed by atoms with Crippen molar-refractivity contribution in [1.29, 1.82) is 0 Å². The third-order valence-corrected chi connectivity index (χ3v) is 4.03. The van der Waals surface area contributed by atoms with Gasteiger partial charge >= 0.3 is 0 Å². The van der Waals surface area contributed by atoms with Gasteiger partial charge in [-0.1, -0.05) is 59.6 Å². The number of anilines is 1. The van der Waals surface area contributed by atoms with Gasteiger partial charge in [-0.25, -0.2) is 4.98 Å². The Morgan fingerprint density at radius 3 is 2.52 bits per heavy atom. The minimum atomic E-state index is -0.349. The van der Waals surface area contributed by atoms with Gasteiger partial charge in [0.1, 0.15) is 5.75 Å². The molecule has 0 spiro atoms. The lowest BCUT2D eigenvalue weighted by molar-refractivity contribution is -0.118. The molecule has 0 fully saturated rings. The molecule has 3 rings (SSSR count). The Balaban J connectivity index is 1.63. The van der Waals surface area contributed by atoms with Gasteiger partial charge in [0.25, 0.3) is 5.91 Å². The van der Waals surface area contributed by atoms with Crippen LogP contribution in [0.4, 0.5) is 5.69 Å². The Morgan fingerprint density at radius 2 is 1.80 bits per heavy atom. The van der Waals surface area contributed by atoms with E-state index in [2.05, 4.69) is 10.3 Å². The molecule has 4 nitrogen and oxygen atoms in total. The summed E-state index contributed by atoms with van der Waals surface area (Å²) in [5.41, 5.74) is 2.47. The lowest BCUT2D eigenvalue weighted by Gasteiger charge is -2.10. The van der Waals surface area contributed by atoms with Crippen molar-refractivity contribution < 1.29 is 9.53 Å². The van der Waals surface area contributed by atoms with Crippen molar-refractivity contribution >= 4 is 34.8 Å². The van der Waals surface area contributed by atoms with Crippen molar-refractivity contribution in [2.75, 3.05) is 11.9 Å². The van der Waals surface area contributed by atoms with Crippen molar-refractivity contribution in [3.8, 4) is 16.9 Å². The van der Waals surface area contributed by atoms with Crippen molar-refractivity contribution in [3.05, 3.63) is 77.0 Å². The molecular weight excluding hydrogens is 359 g/mol. The van der Waals surface area contributed by atoms with Gasteiger partial charge in [0.15, 0.2) is 11.8 Å². The van der Waals surface area contributed by atoms with Gasteiger partial charge in [0.05, 0.1) is 10.7 Å². The summed E-state index contributed by atoms with van der Waals surface area (Å²) in [6.45, 7) is -0.185. The Bertz CT molecular complexity index is 886. The molecule has 126 valence electrons. The normalized spacial score (nSPS) is 10.3. The summed E-state index contributed by atoms with van der Waals surface area (Å²) in [6, 6.07) is 18.7. The molecule has 0 radical (unpaired) electrons. The molecule has 0 aliphatic carbocycles. The van der Waals surface area contributed by atoms with E-state index in [-0.39, 0.29) is 17.7 Å². The molecule has 1 aromatic heterocycles. The Hall–Kier alpha value is -2.56. The first-order valence-electron chi connectivity index (χ1n) is 7.51. The van der Waals surface area contributed by atoms with E-state index in [0.717, 1.165) is 11.1 Å². The molecule has 0 atom stereocenters. The standard InChI is InChI=1S/C19H14Cl2N2O2/c20-15-11-14(13-5-2-1-3-6-13)8-9-17(15)25-12-18(24)23-16-7-4-10-22-19(16)21/h1-11H,12H2,(H,23,24). The topological polar surface area (TPSA) is 51.2 Å². The van der Waals surface area contributed by atoms with Crippen LogP contribution in [0.3, 0.4) is 0 Å². The molecule has 0 saturated carbocycles. The summed E-state index contributed by atoms with van der Waals surface area (Å²) in [5.74, 6) is 0.0897. The fourth-order valence-electron chi connectivity index (χ4n) is 2.24. The second-order valence-corrected chi connectivity index (χ2v) is 5.96. The number of halogens is 2. The molecule has 0 bridgehead atoms. The third-order valence-electron chi connectivity index (χ3n) is 3.43. The maximum absolute atomic E-state index is 12.0. The van der Waals surface area contributed by atoms with E-state index >= 15 is 0 Å². The minimum absolute atomic E-state index is 0.185. The summed E-state index contributed by atoms with van der Waals surface area (Å²) in [7, 11) is 0. The van der Waals surface area contributed by atoms with E-state index < -0.39 is 0 Å². The van der Waals surface area contributed by atoms with Crippen LogP contribution in [0.25, 0.3) is 11.1 Å². The number of nitrogens with one attached hydrogen (secondary N) is 1. The first kappa shape index (κ1) is 17.3. The molecule has 0 aliphatic rings. The van der Waals surface area contributed by atoms with Crippen LogP contribution in [0.2, 0.25) is 10.2 Å². The number of benzene rings is 2. The van der Waals surface area contributed by atoms with Gasteiger partial charge in [0, 0.05) is 6.20 Å². The summed E-state index contributed by atoms with van der Waals surface area (Å²) >= 11 is 12.2. The highest BCUT2D eigenvalue weighted by Gasteiger charge is 2.09. The monoisotopic (exact) mass is 372 g/mol. The number of carbonyl (C=O) groups excluding carboxylic acids is 1. The second kappa shape index (κ2) is 8.01. The van der Waals surface area contributed by atoms with E-state index in [1.165, 1.54) is 0 Å². The molecule has 2 aromatic carbocycles. The quantitative estimate of drug-likeness (QED) is 0.635. The molecule has 1 heterocycles. The molecule has 0 saturated heterocycles. The van der Waals surface area contributed by atoms with Gasteiger partial charge in [-0.3, -0.25) is 4.79 Å². The zero-order valence-corrected chi connectivity index (χ0v) is 14.6. The van der Waals surface area contributed by atoms with Crippen molar-refractivity contribution in [3.63, 3.8) is 0 Å². The first-order valence-corrected chi connectivity index (χ1v) is 8.27. The van der Waals surface area contributed by atoms with Gasteiger partial charge in [0.2, 0.25) is 0 Å². The molecular formula is C19H14Cl2N2O2. The van der Waals surface area contributed by atoms with E-state index in [1.807, 2.05) is 42.5 Å². The minimum Gasteiger partial charge on any atom is -0.482 e. The average molecular weight is 373 g/mol.